The molecule has 0 saturated carbocycles. The number of benzene rings is 1. The Labute approximate surface area is 159 Å². The van der Waals surface area contributed by atoms with E-state index >= 15 is 0 Å². The van der Waals surface area contributed by atoms with Crippen LogP contribution in [0.5, 0.6) is 5.75 Å². The van der Waals surface area contributed by atoms with E-state index in [4.69, 9.17) is 16.3 Å². The first-order valence-corrected chi connectivity index (χ1v) is 8.54. The van der Waals surface area contributed by atoms with E-state index in [1.807, 2.05) is 18.2 Å². The lowest BCUT2D eigenvalue weighted by Gasteiger charge is -2.14. The quantitative estimate of drug-likeness (QED) is 0.559. The first-order chi connectivity index (χ1) is 13.2. The molecule has 0 fully saturated rings. The second-order valence-electron chi connectivity index (χ2n) is 5.79. The lowest BCUT2D eigenvalue weighted by atomic mass is 10.1. The largest absolute Gasteiger partial charge is 0.496 e. The van der Waals surface area contributed by atoms with Gasteiger partial charge in [-0.25, -0.2) is 4.39 Å². The lowest BCUT2D eigenvalue weighted by molar-refractivity contribution is 0.405. The number of nitrogens with zero attached hydrogens (tertiary/aromatic N) is 4. The summed E-state index contributed by atoms with van der Waals surface area (Å²) in [7, 11) is 1.52. The van der Waals surface area contributed by atoms with Gasteiger partial charge < -0.3 is 10.1 Å². The summed E-state index contributed by atoms with van der Waals surface area (Å²) in [6.45, 7) is 0.248. The molecular weight excluding hydrogens is 369 g/mol. The van der Waals surface area contributed by atoms with Crippen molar-refractivity contribution < 1.29 is 9.13 Å². The van der Waals surface area contributed by atoms with Crippen molar-refractivity contribution in [1.29, 1.82) is 0 Å². The first-order valence-electron chi connectivity index (χ1n) is 8.17. The minimum absolute atomic E-state index is 0.248. The standard InChI is InChI=1S/C19H15ClFN5O/c1-27-17-4-2-3-16(21)14(17)9-23-18-6-5-13(19-25-24-11-26(18)19)12-7-8-22-10-15(12)20/h2-8,10-11,23H,9H2,1H3. The molecule has 136 valence electrons. The average molecular weight is 384 g/mol. The maximum atomic E-state index is 14.2. The molecule has 0 aliphatic carbocycles. The summed E-state index contributed by atoms with van der Waals surface area (Å²) in [6.07, 6.45) is 4.85. The number of methoxy groups -OCH3 is 1. The van der Waals surface area contributed by atoms with Crippen molar-refractivity contribution in [3.63, 3.8) is 0 Å². The van der Waals surface area contributed by atoms with Gasteiger partial charge in [-0.15, -0.1) is 10.2 Å². The van der Waals surface area contributed by atoms with Crippen LogP contribution in [0.4, 0.5) is 10.2 Å². The number of pyridine rings is 2. The van der Waals surface area contributed by atoms with Crippen molar-refractivity contribution in [1.82, 2.24) is 19.6 Å². The number of hydrogen-bond acceptors (Lipinski definition) is 5. The van der Waals surface area contributed by atoms with Gasteiger partial charge in [-0.2, -0.15) is 0 Å². The number of aromatic nitrogens is 4. The molecule has 8 heteroatoms. The van der Waals surface area contributed by atoms with Crippen LogP contribution in [0.15, 0.2) is 55.1 Å². The summed E-state index contributed by atoms with van der Waals surface area (Å²) >= 11 is 6.27. The van der Waals surface area contributed by atoms with Crippen LogP contribution in [0.3, 0.4) is 0 Å². The number of rotatable bonds is 5. The molecule has 0 aliphatic rings. The topological polar surface area (TPSA) is 64.3 Å². The van der Waals surface area contributed by atoms with E-state index in [1.165, 1.54) is 13.2 Å². The average Bonchev–Trinajstić information content (AvgIpc) is 3.17. The summed E-state index contributed by atoms with van der Waals surface area (Å²) in [6, 6.07) is 10.3. The number of halogens is 2. The Morgan fingerprint density at radius 3 is 2.89 bits per heavy atom. The zero-order chi connectivity index (χ0) is 18.8. The molecule has 4 rings (SSSR count). The SMILES string of the molecule is COc1cccc(F)c1CNc1ccc(-c2ccncc2Cl)c2nncn12. The van der Waals surface area contributed by atoms with Crippen LogP contribution in [0.2, 0.25) is 5.02 Å². The van der Waals surface area contributed by atoms with Crippen molar-refractivity contribution in [2.45, 2.75) is 6.54 Å². The fourth-order valence-corrected chi connectivity index (χ4v) is 3.16. The van der Waals surface area contributed by atoms with Crippen LogP contribution >= 0.6 is 11.6 Å². The highest BCUT2D eigenvalue weighted by molar-refractivity contribution is 6.33. The van der Waals surface area contributed by atoms with E-state index in [0.29, 0.717) is 27.8 Å². The van der Waals surface area contributed by atoms with Gasteiger partial charge in [0, 0.05) is 35.6 Å². The second kappa shape index (κ2) is 7.20. The number of nitrogens with one attached hydrogen (secondary N) is 1. The Morgan fingerprint density at radius 2 is 2.07 bits per heavy atom. The monoisotopic (exact) mass is 383 g/mol. The number of anilines is 1. The Morgan fingerprint density at radius 1 is 1.19 bits per heavy atom. The smallest absolute Gasteiger partial charge is 0.170 e. The zero-order valence-electron chi connectivity index (χ0n) is 14.4. The molecule has 6 nitrogen and oxygen atoms in total. The predicted molar refractivity (Wildman–Crippen MR) is 102 cm³/mol. The van der Waals surface area contributed by atoms with Crippen molar-refractivity contribution in [3.8, 4) is 16.9 Å². The van der Waals surface area contributed by atoms with Crippen LogP contribution in [0, 0.1) is 5.82 Å². The molecule has 0 amide bonds. The molecule has 0 radical (unpaired) electrons. The van der Waals surface area contributed by atoms with Crippen molar-refractivity contribution in [3.05, 3.63) is 71.5 Å². The highest BCUT2D eigenvalue weighted by Gasteiger charge is 2.14. The maximum Gasteiger partial charge on any atom is 0.170 e. The van der Waals surface area contributed by atoms with E-state index in [0.717, 1.165) is 11.1 Å². The van der Waals surface area contributed by atoms with Gasteiger partial charge >= 0.3 is 0 Å². The van der Waals surface area contributed by atoms with Crippen LogP contribution < -0.4 is 10.1 Å². The minimum Gasteiger partial charge on any atom is -0.496 e. The number of fused-ring (bicyclic) bond motifs is 1. The fraction of sp³-hybridized carbons (Fsp3) is 0.105. The molecule has 4 aromatic rings. The molecule has 3 heterocycles. The predicted octanol–water partition coefficient (Wildman–Crippen LogP) is 4.20. The number of hydrogen-bond donors (Lipinski definition) is 1. The third-order valence-electron chi connectivity index (χ3n) is 4.26. The molecular formula is C19H15ClFN5O. The molecule has 1 aromatic carbocycles. The van der Waals surface area contributed by atoms with E-state index in [9.17, 15) is 4.39 Å². The molecule has 0 unspecified atom stereocenters. The van der Waals surface area contributed by atoms with Gasteiger partial charge in [0.25, 0.3) is 0 Å². The Bertz CT molecular complexity index is 1110. The molecule has 0 saturated heterocycles. The Balaban J connectivity index is 1.70. The maximum absolute atomic E-state index is 14.2. The van der Waals surface area contributed by atoms with Gasteiger partial charge in [0.1, 0.15) is 23.7 Å². The molecule has 0 atom stereocenters. The molecule has 3 aromatic heterocycles. The van der Waals surface area contributed by atoms with E-state index in [2.05, 4.69) is 20.5 Å². The second-order valence-corrected chi connectivity index (χ2v) is 6.19. The van der Waals surface area contributed by atoms with E-state index in [-0.39, 0.29) is 12.4 Å². The van der Waals surface area contributed by atoms with Gasteiger partial charge in [-0.3, -0.25) is 9.38 Å². The zero-order valence-corrected chi connectivity index (χ0v) is 15.1. The van der Waals surface area contributed by atoms with Crippen molar-refractivity contribution in [2.75, 3.05) is 12.4 Å². The van der Waals surface area contributed by atoms with Crippen LogP contribution in [0.25, 0.3) is 16.8 Å². The van der Waals surface area contributed by atoms with Crippen LogP contribution in [0.1, 0.15) is 5.56 Å². The normalized spacial score (nSPS) is 10.9. The lowest BCUT2D eigenvalue weighted by Crippen LogP contribution is -2.07. The van der Waals surface area contributed by atoms with Gasteiger partial charge in [0.15, 0.2) is 5.65 Å². The highest BCUT2D eigenvalue weighted by Crippen LogP contribution is 2.31. The van der Waals surface area contributed by atoms with Crippen molar-refractivity contribution >= 4 is 23.1 Å². The van der Waals surface area contributed by atoms with E-state index < -0.39 is 0 Å². The first kappa shape index (κ1) is 17.2. The third-order valence-corrected chi connectivity index (χ3v) is 4.56. The van der Waals surface area contributed by atoms with Crippen molar-refractivity contribution in [2.24, 2.45) is 0 Å². The summed E-state index contributed by atoms with van der Waals surface area (Å²) < 4.78 is 21.2. The highest BCUT2D eigenvalue weighted by atomic mass is 35.5. The fourth-order valence-electron chi connectivity index (χ4n) is 2.94. The van der Waals surface area contributed by atoms with Gasteiger partial charge in [-0.05, 0) is 30.3 Å². The van der Waals surface area contributed by atoms with Crippen LogP contribution in [-0.2, 0) is 6.54 Å². The molecule has 0 aliphatic heterocycles. The molecule has 27 heavy (non-hydrogen) atoms. The third kappa shape index (κ3) is 3.17. The van der Waals surface area contributed by atoms with Gasteiger partial charge in [0.05, 0.1) is 12.1 Å². The Hall–Kier alpha value is -3.19. The molecule has 0 spiro atoms. The summed E-state index contributed by atoms with van der Waals surface area (Å²) in [5.74, 6) is 0.874. The van der Waals surface area contributed by atoms with E-state index in [1.54, 1.807) is 35.3 Å². The van der Waals surface area contributed by atoms with Crippen LogP contribution in [-0.4, -0.2) is 26.7 Å². The summed E-state index contributed by atoms with van der Waals surface area (Å²) in [5.41, 5.74) is 2.72. The van der Waals surface area contributed by atoms with Gasteiger partial charge in [0.2, 0.25) is 0 Å². The molecule has 0 bridgehead atoms. The van der Waals surface area contributed by atoms with Gasteiger partial charge in [-0.1, -0.05) is 17.7 Å². The summed E-state index contributed by atoms with van der Waals surface area (Å²) in [5, 5.41) is 11.9. The summed E-state index contributed by atoms with van der Waals surface area (Å²) in [4.78, 5) is 4.01. The Kier molecular flexibility index (Phi) is 4.60. The number of ether oxygens (including phenoxy) is 1. The molecule has 1 N–H and O–H groups in total. The minimum atomic E-state index is -0.331.